The van der Waals surface area contributed by atoms with E-state index in [9.17, 15) is 5.53 Å². The Labute approximate surface area is 499 Å². The van der Waals surface area contributed by atoms with E-state index in [1.165, 1.54) is 0 Å². The van der Waals surface area contributed by atoms with Gasteiger partial charge in [-0.15, -0.1) is 0 Å². The molecule has 27 heteroatoms. The van der Waals surface area contributed by atoms with Gasteiger partial charge in [0.05, 0.1) is 68.7 Å². The van der Waals surface area contributed by atoms with Crippen molar-refractivity contribution in [3.8, 4) is 0 Å². The van der Waals surface area contributed by atoms with Crippen LogP contribution in [0.1, 0.15) is 58.8 Å². The maximum absolute atomic E-state index is 9.53. The minimum absolute atomic E-state index is 0.0495. The summed E-state index contributed by atoms with van der Waals surface area (Å²) in [6, 6.07) is 8.92. The van der Waals surface area contributed by atoms with E-state index < -0.39 is 171 Å². The van der Waals surface area contributed by atoms with Crippen LogP contribution in [-0.4, -0.2) is 271 Å². The zero-order valence-electron chi connectivity index (χ0n) is 52.2. The molecule has 0 N–H and O–H groups in total. The van der Waals surface area contributed by atoms with Gasteiger partial charge in [-0.05, 0) is 32.2 Å². The van der Waals surface area contributed by atoms with E-state index in [4.69, 9.17) is 114 Å². The van der Waals surface area contributed by atoms with Gasteiger partial charge in [0.15, 0.2) is 37.7 Å². The lowest BCUT2D eigenvalue weighted by atomic mass is 9.74. The fourth-order valence-electron chi connectivity index (χ4n) is 14.1. The first-order chi connectivity index (χ1) is 41.2. The summed E-state index contributed by atoms with van der Waals surface area (Å²) in [6.45, 7) is 8.66. The molecule has 1 aromatic rings. The first kappa shape index (κ1) is 68.5. The number of azide groups is 1. The number of methoxy groups -OCH3 is 12. The molecule has 0 saturated carbocycles. The second-order valence-electron chi connectivity index (χ2n) is 22.8. The molecule has 7 aliphatic heterocycles. The summed E-state index contributed by atoms with van der Waals surface area (Å²) in [5.74, 6) is -1.07. The van der Waals surface area contributed by atoms with Gasteiger partial charge in [0.25, 0.3) is 0 Å². The van der Waals surface area contributed by atoms with Gasteiger partial charge in [-0.25, -0.2) is 0 Å². The van der Waals surface area contributed by atoms with E-state index in [2.05, 4.69) is 16.9 Å². The van der Waals surface area contributed by atoms with Crippen molar-refractivity contribution < 1.29 is 114 Å². The van der Waals surface area contributed by atoms with Crippen LogP contribution in [0, 0.1) is 11.8 Å². The van der Waals surface area contributed by atoms with Crippen LogP contribution < -0.4 is 0 Å². The van der Waals surface area contributed by atoms with Gasteiger partial charge in [0.1, 0.15) is 85.4 Å². The van der Waals surface area contributed by atoms with Crippen molar-refractivity contribution in [1.29, 1.82) is 0 Å². The standard InChI is InChI=1S/C58H95N3O24/c1-17-24-58(4,85-56-50(73-16)46(69-12)40(34(80-56)27-64-7)83-54-48(71-14)44(67-10)41-35(78-54)29-74-51(81-41)30-22-20-19-21-23-30)37-31(25-62-5)77-53(47(70-13)43(37)66-9)82-39-33(26-63-6)79-55(49(72-15)45(39)68-11)84-57(3,18-2)36-32-28-75-52(76-32)38(60-61-59)42(36)65-8/h19-23,31-56H,17-18,24-29H2,1-16H3/t31-,32?,33-,34?,35?,36-,37+,38-,39+,40+,41+,42?,43?,44?,45?,46?,47?,48-,49?,50-,51?,52+,53+,54-,55-,56-,57?,58?/m0/s1. The molecular weight excluding hydrogens is 1120 g/mol. The summed E-state index contributed by atoms with van der Waals surface area (Å²) < 4.78 is 155. The molecule has 85 heavy (non-hydrogen) atoms. The molecule has 0 aliphatic carbocycles. The summed E-state index contributed by atoms with van der Waals surface area (Å²) in [4.78, 5) is 3.09. The van der Waals surface area contributed by atoms with Gasteiger partial charge < -0.3 is 114 Å². The summed E-state index contributed by atoms with van der Waals surface area (Å²) >= 11 is 0. The number of fused-ring (bicyclic) bond motifs is 3. The Bertz CT molecular complexity index is 2200. The Morgan fingerprint density at radius 2 is 0.976 bits per heavy atom. The third-order valence-electron chi connectivity index (χ3n) is 18.1. The summed E-state index contributed by atoms with van der Waals surface area (Å²) in [5.41, 5.74) is 8.28. The zero-order valence-corrected chi connectivity index (χ0v) is 52.2. The number of ether oxygens (including phenoxy) is 24. The topological polar surface area (TPSA) is 270 Å². The van der Waals surface area contributed by atoms with Gasteiger partial charge in [-0.2, -0.15) is 0 Å². The molecule has 7 fully saturated rings. The minimum atomic E-state index is -1.12. The van der Waals surface area contributed by atoms with Gasteiger partial charge in [-0.1, -0.05) is 55.7 Å². The van der Waals surface area contributed by atoms with E-state index in [1.807, 2.05) is 51.1 Å². The van der Waals surface area contributed by atoms with Crippen LogP contribution in [0.25, 0.3) is 10.4 Å². The number of hydrogen-bond acceptors (Lipinski definition) is 25. The summed E-state index contributed by atoms with van der Waals surface area (Å²) in [5, 5.41) is 4.03. The largest absolute Gasteiger partial charge is 0.382 e. The fraction of sp³-hybridized carbons (Fsp3) is 0.897. The fourth-order valence-corrected chi connectivity index (χ4v) is 14.1. The maximum Gasteiger partial charge on any atom is 0.187 e. The average molecular weight is 1220 g/mol. The van der Waals surface area contributed by atoms with E-state index in [-0.39, 0.29) is 33.0 Å². The SMILES string of the molecule is CCCC(C)(O[C@@H]1OC(COC)[C@@H](O[C@@H]2OC3COC(c4ccccc4)O[C@H]3C(OC)[C@@H]2OC)C(OC)[C@@H]1OC)[C@H]1C(OC)C(OC)[C@@H](O[C@H]2C(OC)C(OC)[C@H](OC(C)(CC)[C@H]3C4CO[C@H](O4)[C@@H](N=[N+]=[N-])C3OC)O[C@H]2COC)O[C@H]1COC. The lowest BCUT2D eigenvalue weighted by Gasteiger charge is -2.55. The Morgan fingerprint density at radius 3 is 1.48 bits per heavy atom. The molecule has 2 bridgehead atoms. The monoisotopic (exact) mass is 1220 g/mol. The molecule has 27 nitrogen and oxygen atoms in total. The van der Waals surface area contributed by atoms with Gasteiger partial charge in [-0.3, -0.25) is 0 Å². The lowest BCUT2D eigenvalue weighted by Crippen LogP contribution is -2.69. The molecule has 28 atom stereocenters. The summed E-state index contributed by atoms with van der Waals surface area (Å²) in [6.07, 6.45) is -16.7. The Morgan fingerprint density at radius 1 is 0.494 bits per heavy atom. The molecule has 1 aromatic carbocycles. The molecule has 0 amide bonds. The Hall–Kier alpha value is -2.43. The van der Waals surface area contributed by atoms with Crippen molar-refractivity contribution >= 4 is 0 Å². The number of rotatable bonds is 30. The molecule has 0 radical (unpaired) electrons. The molecule has 0 aromatic heterocycles. The molecule has 13 unspecified atom stereocenters. The van der Waals surface area contributed by atoms with Crippen LogP contribution in [0.15, 0.2) is 35.4 Å². The van der Waals surface area contributed by atoms with Crippen LogP contribution in [0.2, 0.25) is 0 Å². The quantitative estimate of drug-likeness (QED) is 0.0591. The molecule has 8 rings (SSSR count). The normalized spacial score (nSPS) is 42.6. The highest BCUT2D eigenvalue weighted by Gasteiger charge is 2.63. The second kappa shape index (κ2) is 31.5. The predicted octanol–water partition coefficient (Wildman–Crippen LogP) is 4.27. The highest BCUT2D eigenvalue weighted by molar-refractivity contribution is 5.17. The Balaban J connectivity index is 1.03. The highest BCUT2D eigenvalue weighted by atomic mass is 16.8. The maximum atomic E-state index is 9.53. The van der Waals surface area contributed by atoms with E-state index >= 15 is 0 Å². The van der Waals surface area contributed by atoms with Gasteiger partial charge in [0.2, 0.25) is 0 Å². The van der Waals surface area contributed by atoms with Crippen molar-refractivity contribution in [2.24, 2.45) is 17.0 Å². The lowest BCUT2D eigenvalue weighted by molar-refractivity contribution is -0.402. The molecule has 7 saturated heterocycles. The number of benzene rings is 1. The summed E-state index contributed by atoms with van der Waals surface area (Å²) in [7, 11) is 18.9. The zero-order chi connectivity index (χ0) is 61.2. The second-order valence-corrected chi connectivity index (χ2v) is 22.8. The smallest absolute Gasteiger partial charge is 0.187 e. The Kier molecular flexibility index (Phi) is 25.4. The third-order valence-corrected chi connectivity index (χ3v) is 18.1. The highest BCUT2D eigenvalue weighted by Crippen LogP contribution is 2.48. The van der Waals surface area contributed by atoms with Crippen LogP contribution in [0.4, 0.5) is 0 Å². The number of hydrogen-bond donors (Lipinski definition) is 0. The van der Waals surface area contributed by atoms with E-state index in [0.717, 1.165) is 5.56 Å². The van der Waals surface area contributed by atoms with Gasteiger partial charge >= 0.3 is 0 Å². The predicted molar refractivity (Wildman–Crippen MR) is 296 cm³/mol. The van der Waals surface area contributed by atoms with Crippen LogP contribution in [0.3, 0.4) is 0 Å². The van der Waals surface area contributed by atoms with Crippen molar-refractivity contribution in [2.45, 2.75) is 206 Å². The minimum Gasteiger partial charge on any atom is -0.382 e. The molecular formula is C58H95N3O24. The van der Waals surface area contributed by atoms with Crippen LogP contribution in [-0.2, 0) is 114 Å². The first-order valence-electron chi connectivity index (χ1n) is 29.4. The van der Waals surface area contributed by atoms with E-state index in [1.54, 1.807) is 85.3 Å². The molecule has 486 valence electrons. The molecule has 7 aliphatic rings. The van der Waals surface area contributed by atoms with E-state index in [0.29, 0.717) is 19.3 Å². The molecule has 7 heterocycles. The third kappa shape index (κ3) is 14.2. The van der Waals surface area contributed by atoms with Crippen molar-refractivity contribution in [3.05, 3.63) is 46.3 Å². The first-order valence-corrected chi connectivity index (χ1v) is 29.4. The van der Waals surface area contributed by atoms with Crippen molar-refractivity contribution in [3.63, 3.8) is 0 Å². The van der Waals surface area contributed by atoms with Gasteiger partial charge in [0, 0.05) is 108 Å². The van der Waals surface area contributed by atoms with Crippen LogP contribution >= 0.6 is 0 Å². The average Bonchev–Trinajstić information content (AvgIpc) is 2.17. The number of nitrogens with zero attached hydrogens (tertiary/aromatic N) is 3. The van der Waals surface area contributed by atoms with Crippen LogP contribution in [0.5, 0.6) is 0 Å². The van der Waals surface area contributed by atoms with Crippen molar-refractivity contribution in [1.82, 2.24) is 0 Å². The van der Waals surface area contributed by atoms with Crippen molar-refractivity contribution in [2.75, 3.05) is 118 Å². The molecule has 0 spiro atoms.